The first-order valence-electron chi connectivity index (χ1n) is 11.0. The largest absolute Gasteiger partial charge is 0.463 e. The first-order chi connectivity index (χ1) is 16.2. The molecule has 8 nitrogen and oxygen atoms in total. The summed E-state index contributed by atoms with van der Waals surface area (Å²) in [7, 11) is 1.74. The number of aryl methyl sites for hydroxylation is 2. The third kappa shape index (κ3) is 6.15. The molecule has 0 saturated heterocycles. The number of rotatable bonds is 8. The maximum atomic E-state index is 12.9. The smallest absolute Gasteiger partial charge is 0.338 e. The molecule has 0 fully saturated rings. The molecule has 0 saturated carbocycles. The van der Waals surface area contributed by atoms with Crippen molar-refractivity contribution in [2.75, 3.05) is 32.1 Å². The predicted octanol–water partition coefficient (Wildman–Crippen LogP) is 3.70. The van der Waals surface area contributed by atoms with Gasteiger partial charge >= 0.3 is 12.0 Å². The van der Waals surface area contributed by atoms with Gasteiger partial charge in [-0.05, 0) is 56.6 Å². The summed E-state index contributed by atoms with van der Waals surface area (Å²) < 4.78 is 5.28. The Bertz CT molecular complexity index is 1090. The summed E-state index contributed by atoms with van der Waals surface area (Å²) in [6.07, 6.45) is 0. The zero-order valence-electron chi connectivity index (χ0n) is 19.7. The first kappa shape index (κ1) is 25.3. The number of carbonyl (C=O) groups is 3. The van der Waals surface area contributed by atoms with Crippen molar-refractivity contribution in [3.63, 3.8) is 0 Å². The Morgan fingerprint density at radius 1 is 1.12 bits per heavy atom. The van der Waals surface area contributed by atoms with Crippen LogP contribution in [0.5, 0.6) is 0 Å². The second-order valence-corrected chi connectivity index (χ2v) is 8.62. The molecule has 0 bridgehead atoms. The summed E-state index contributed by atoms with van der Waals surface area (Å²) in [4.78, 5) is 39.7. The molecule has 1 heterocycles. The summed E-state index contributed by atoms with van der Waals surface area (Å²) >= 11 is 6.00. The molecular formula is C25H29ClN4O4. The van der Waals surface area contributed by atoms with Crippen LogP contribution in [-0.4, -0.2) is 49.6 Å². The van der Waals surface area contributed by atoms with Crippen molar-refractivity contribution in [3.8, 4) is 0 Å². The van der Waals surface area contributed by atoms with Gasteiger partial charge in [0.1, 0.15) is 0 Å². The van der Waals surface area contributed by atoms with Crippen molar-refractivity contribution in [2.24, 2.45) is 0 Å². The van der Waals surface area contributed by atoms with E-state index in [4.69, 9.17) is 16.3 Å². The molecule has 1 aliphatic rings. The molecule has 0 spiro atoms. The number of amides is 3. The average molecular weight is 485 g/mol. The third-order valence-corrected chi connectivity index (χ3v) is 5.69. The highest BCUT2D eigenvalue weighted by molar-refractivity contribution is 6.30. The molecule has 1 atom stereocenters. The summed E-state index contributed by atoms with van der Waals surface area (Å²) in [6, 6.07) is 11.5. The number of ether oxygens (including phenoxy) is 1. The minimum Gasteiger partial charge on any atom is -0.463 e. The average Bonchev–Trinajstić information content (AvgIpc) is 2.76. The molecule has 3 amide bonds. The van der Waals surface area contributed by atoms with Gasteiger partial charge in [0.2, 0.25) is 5.91 Å². The van der Waals surface area contributed by atoms with E-state index in [-0.39, 0.29) is 31.2 Å². The Morgan fingerprint density at radius 3 is 2.38 bits per heavy atom. The van der Waals surface area contributed by atoms with E-state index in [1.165, 1.54) is 0 Å². The number of para-hydroxylation sites is 1. The first-order valence-corrected chi connectivity index (χ1v) is 11.3. The fraction of sp³-hybridized carbons (Fsp3) is 0.320. The SMILES string of the molecule is CCOC(=O)C1=C(CN(C)CC(=O)Nc2c(C)cccc2C)NC(=O)NC1c1ccc(Cl)cc1. The lowest BCUT2D eigenvalue weighted by atomic mass is 9.95. The monoisotopic (exact) mass is 484 g/mol. The fourth-order valence-electron chi connectivity index (χ4n) is 3.86. The highest BCUT2D eigenvalue weighted by Crippen LogP contribution is 2.29. The topological polar surface area (TPSA) is 99.8 Å². The minimum atomic E-state index is -0.711. The molecular weight excluding hydrogens is 456 g/mol. The second kappa shape index (κ2) is 11.2. The number of halogens is 1. The maximum absolute atomic E-state index is 12.9. The van der Waals surface area contributed by atoms with Gasteiger partial charge in [0, 0.05) is 23.0 Å². The van der Waals surface area contributed by atoms with Gasteiger partial charge in [0.05, 0.1) is 24.8 Å². The maximum Gasteiger partial charge on any atom is 0.338 e. The second-order valence-electron chi connectivity index (χ2n) is 8.18. The summed E-state index contributed by atoms with van der Waals surface area (Å²) in [6.45, 7) is 5.99. The molecule has 2 aromatic rings. The molecule has 3 rings (SSSR count). The van der Waals surface area contributed by atoms with E-state index in [1.54, 1.807) is 43.1 Å². The molecule has 0 aromatic heterocycles. The molecule has 1 unspecified atom stereocenters. The van der Waals surface area contributed by atoms with Crippen LogP contribution in [-0.2, 0) is 14.3 Å². The molecule has 0 aliphatic carbocycles. The summed E-state index contributed by atoms with van der Waals surface area (Å²) in [5.74, 6) is -0.744. The van der Waals surface area contributed by atoms with Crippen LogP contribution in [0.2, 0.25) is 5.02 Å². The Labute approximate surface area is 204 Å². The lowest BCUT2D eigenvalue weighted by Gasteiger charge is -2.31. The molecule has 0 radical (unpaired) electrons. The third-order valence-electron chi connectivity index (χ3n) is 5.44. The molecule has 3 N–H and O–H groups in total. The van der Waals surface area contributed by atoms with Crippen molar-refractivity contribution in [1.82, 2.24) is 15.5 Å². The van der Waals surface area contributed by atoms with E-state index in [0.717, 1.165) is 16.8 Å². The van der Waals surface area contributed by atoms with Crippen LogP contribution < -0.4 is 16.0 Å². The van der Waals surface area contributed by atoms with Gasteiger partial charge in [0.25, 0.3) is 0 Å². The zero-order chi connectivity index (χ0) is 24.8. The van der Waals surface area contributed by atoms with Crippen molar-refractivity contribution >= 4 is 35.2 Å². The van der Waals surface area contributed by atoms with E-state index in [2.05, 4.69) is 16.0 Å². The Kier molecular flexibility index (Phi) is 8.31. The predicted molar refractivity (Wildman–Crippen MR) is 132 cm³/mol. The number of urea groups is 1. The van der Waals surface area contributed by atoms with Gasteiger partial charge in [-0.25, -0.2) is 9.59 Å². The Morgan fingerprint density at radius 2 is 1.76 bits per heavy atom. The van der Waals surface area contributed by atoms with Crippen molar-refractivity contribution in [1.29, 1.82) is 0 Å². The van der Waals surface area contributed by atoms with Gasteiger partial charge in [-0.1, -0.05) is 41.9 Å². The van der Waals surface area contributed by atoms with Crippen molar-refractivity contribution in [2.45, 2.75) is 26.8 Å². The molecule has 34 heavy (non-hydrogen) atoms. The van der Waals surface area contributed by atoms with Crippen LogP contribution >= 0.6 is 11.6 Å². The normalized spacial score (nSPS) is 15.6. The zero-order valence-corrected chi connectivity index (χ0v) is 20.5. The van der Waals surface area contributed by atoms with Crippen LogP contribution in [0.3, 0.4) is 0 Å². The van der Waals surface area contributed by atoms with Crippen molar-refractivity contribution < 1.29 is 19.1 Å². The molecule has 9 heteroatoms. The number of esters is 1. The van der Waals surface area contributed by atoms with Gasteiger partial charge in [0.15, 0.2) is 0 Å². The van der Waals surface area contributed by atoms with Crippen LogP contribution in [0.15, 0.2) is 53.7 Å². The number of hydrogen-bond donors (Lipinski definition) is 3. The molecule has 2 aromatic carbocycles. The number of likely N-dealkylation sites (N-methyl/N-ethyl adjacent to an activating group) is 1. The van der Waals surface area contributed by atoms with E-state index < -0.39 is 18.0 Å². The van der Waals surface area contributed by atoms with Gasteiger partial charge in [-0.3, -0.25) is 9.69 Å². The summed E-state index contributed by atoms with van der Waals surface area (Å²) in [5.41, 5.74) is 4.08. The van der Waals surface area contributed by atoms with Gasteiger partial charge in [-0.15, -0.1) is 0 Å². The highest BCUT2D eigenvalue weighted by atomic mass is 35.5. The van der Waals surface area contributed by atoms with Crippen LogP contribution in [0.1, 0.15) is 29.7 Å². The van der Waals surface area contributed by atoms with Crippen LogP contribution in [0, 0.1) is 13.8 Å². The number of anilines is 1. The van der Waals surface area contributed by atoms with E-state index in [1.807, 2.05) is 32.0 Å². The number of hydrogen-bond acceptors (Lipinski definition) is 5. The standard InChI is InChI=1S/C25H29ClN4O4/c1-5-34-24(32)21-19(27-25(33)29-23(21)17-9-11-18(26)12-10-17)13-30(4)14-20(31)28-22-15(2)7-6-8-16(22)3/h6-12,23H,5,13-14H2,1-4H3,(H,28,31)(H2,27,29,33). The van der Waals surface area contributed by atoms with E-state index in [9.17, 15) is 14.4 Å². The van der Waals surface area contributed by atoms with Crippen LogP contribution in [0.25, 0.3) is 0 Å². The lowest BCUT2D eigenvalue weighted by molar-refractivity contribution is -0.139. The van der Waals surface area contributed by atoms with Crippen molar-refractivity contribution in [3.05, 3.63) is 75.4 Å². The highest BCUT2D eigenvalue weighted by Gasteiger charge is 2.34. The quantitative estimate of drug-likeness (QED) is 0.496. The van der Waals surface area contributed by atoms with Gasteiger partial charge in [-0.2, -0.15) is 0 Å². The fourth-order valence-corrected chi connectivity index (χ4v) is 3.99. The van der Waals surface area contributed by atoms with E-state index in [0.29, 0.717) is 16.3 Å². The molecule has 1 aliphatic heterocycles. The lowest BCUT2D eigenvalue weighted by Crippen LogP contribution is -2.48. The minimum absolute atomic E-state index is 0.0578. The van der Waals surface area contributed by atoms with E-state index >= 15 is 0 Å². The summed E-state index contributed by atoms with van der Waals surface area (Å²) in [5, 5.41) is 8.99. The van der Waals surface area contributed by atoms with Gasteiger partial charge < -0.3 is 20.7 Å². The number of nitrogens with zero attached hydrogens (tertiary/aromatic N) is 1. The number of nitrogens with one attached hydrogen (secondary N) is 3. The number of carbonyl (C=O) groups excluding carboxylic acids is 3. The Hall–Kier alpha value is -3.36. The number of benzene rings is 2. The Balaban J connectivity index is 1.83. The molecule has 180 valence electrons. The van der Waals surface area contributed by atoms with Crippen LogP contribution in [0.4, 0.5) is 10.5 Å².